The summed E-state index contributed by atoms with van der Waals surface area (Å²) in [4.78, 5) is 25.4. The molecule has 0 fully saturated rings. The fourth-order valence-corrected chi connectivity index (χ4v) is 8.44. The molecule has 0 aliphatic carbocycles. The SMILES string of the molecule is c1ccc(C2=NC(c3cccc(-c4c(-c5cccc(-c6nc(-c7ccccc7)nc(-c7ccccc7)n6)c5)c5ccccc5c5ccccc45)c3)NC(c3ccccc3)=N2)cc1. The average Bonchev–Trinajstić information content (AvgIpc) is 3.37. The molecule has 6 heteroatoms. The normalized spacial score (nSPS) is 13.6. The monoisotopic (exact) mass is 794 g/mol. The molecule has 1 atom stereocenters. The van der Waals surface area contributed by atoms with E-state index in [0.717, 1.165) is 66.9 Å². The molecule has 10 aromatic rings. The van der Waals surface area contributed by atoms with Gasteiger partial charge in [-0.05, 0) is 61.5 Å². The summed E-state index contributed by atoms with van der Waals surface area (Å²) in [5.74, 6) is 3.34. The number of amidine groups is 2. The highest BCUT2D eigenvalue weighted by Crippen LogP contribution is 2.45. The van der Waals surface area contributed by atoms with Gasteiger partial charge in [0.25, 0.3) is 0 Å². The second-order valence-electron chi connectivity index (χ2n) is 15.3. The quantitative estimate of drug-likeness (QED) is 0.155. The van der Waals surface area contributed by atoms with Gasteiger partial charge in [0.2, 0.25) is 0 Å². The second-order valence-corrected chi connectivity index (χ2v) is 15.3. The van der Waals surface area contributed by atoms with E-state index in [0.29, 0.717) is 23.3 Å². The molecular weight excluding hydrogens is 757 g/mol. The van der Waals surface area contributed by atoms with Crippen molar-refractivity contribution < 1.29 is 0 Å². The van der Waals surface area contributed by atoms with Crippen LogP contribution in [0.1, 0.15) is 22.9 Å². The Morgan fingerprint density at radius 2 is 0.726 bits per heavy atom. The summed E-state index contributed by atoms with van der Waals surface area (Å²) in [6.45, 7) is 0. The molecule has 62 heavy (non-hydrogen) atoms. The van der Waals surface area contributed by atoms with Crippen molar-refractivity contribution >= 4 is 33.2 Å². The molecule has 0 bridgehead atoms. The molecule has 0 saturated heterocycles. The van der Waals surface area contributed by atoms with Crippen LogP contribution in [-0.2, 0) is 0 Å². The Morgan fingerprint density at radius 1 is 0.323 bits per heavy atom. The third-order valence-corrected chi connectivity index (χ3v) is 11.4. The summed E-state index contributed by atoms with van der Waals surface area (Å²) < 4.78 is 0. The third kappa shape index (κ3) is 6.99. The molecule has 1 aliphatic rings. The Bertz CT molecular complexity index is 3250. The number of aromatic nitrogens is 3. The minimum Gasteiger partial charge on any atom is -0.344 e. The molecule has 1 aliphatic heterocycles. The number of nitrogens with zero attached hydrogens (tertiary/aromatic N) is 5. The van der Waals surface area contributed by atoms with Crippen molar-refractivity contribution in [2.75, 3.05) is 0 Å². The zero-order valence-corrected chi connectivity index (χ0v) is 33.6. The van der Waals surface area contributed by atoms with Crippen molar-refractivity contribution in [3.8, 4) is 56.4 Å². The highest BCUT2D eigenvalue weighted by Gasteiger charge is 2.24. The third-order valence-electron chi connectivity index (χ3n) is 11.4. The smallest absolute Gasteiger partial charge is 0.164 e. The number of aliphatic imine (C=N–C) groups is 2. The van der Waals surface area contributed by atoms with Gasteiger partial charge < -0.3 is 5.32 Å². The van der Waals surface area contributed by atoms with E-state index in [-0.39, 0.29) is 6.17 Å². The maximum Gasteiger partial charge on any atom is 0.164 e. The summed E-state index contributed by atoms with van der Waals surface area (Å²) >= 11 is 0. The maximum absolute atomic E-state index is 5.23. The molecule has 0 saturated carbocycles. The molecule has 0 spiro atoms. The molecule has 1 aromatic heterocycles. The maximum atomic E-state index is 5.23. The molecule has 9 aromatic carbocycles. The van der Waals surface area contributed by atoms with Crippen molar-refractivity contribution in [1.29, 1.82) is 0 Å². The van der Waals surface area contributed by atoms with E-state index in [2.05, 4.69) is 127 Å². The number of benzene rings is 9. The van der Waals surface area contributed by atoms with Gasteiger partial charge >= 0.3 is 0 Å². The lowest BCUT2D eigenvalue weighted by molar-refractivity contribution is 0.674. The topological polar surface area (TPSA) is 75.4 Å². The van der Waals surface area contributed by atoms with Gasteiger partial charge in [-0.15, -0.1) is 0 Å². The van der Waals surface area contributed by atoms with Crippen LogP contribution in [0.5, 0.6) is 0 Å². The van der Waals surface area contributed by atoms with E-state index in [4.69, 9.17) is 24.9 Å². The number of hydrogen-bond donors (Lipinski definition) is 1. The molecular formula is C56H38N6. The molecule has 0 radical (unpaired) electrons. The second kappa shape index (κ2) is 16.0. The lowest BCUT2D eigenvalue weighted by atomic mass is 9.84. The standard InChI is InChI=1S/C56H38N6/c1-5-19-37(20-6-1)51-57-52(38-21-7-2-8-22-38)60-55(59-51)43-29-17-27-41(35-43)49-47-33-15-13-31-45(47)46-32-14-16-34-48(46)50(49)42-28-18-30-44(36-42)56-61-53(39-23-9-3-10-24-39)58-54(62-56)40-25-11-4-12-26-40/h1-36,55H,(H,57,59,60). The summed E-state index contributed by atoms with van der Waals surface area (Å²) in [5, 5.41) is 8.39. The van der Waals surface area contributed by atoms with Gasteiger partial charge in [-0.25, -0.2) is 24.9 Å². The van der Waals surface area contributed by atoms with Crippen LogP contribution in [0.3, 0.4) is 0 Å². The first-order chi connectivity index (χ1) is 30.7. The van der Waals surface area contributed by atoms with Crippen LogP contribution in [0, 0.1) is 0 Å². The van der Waals surface area contributed by atoms with E-state index < -0.39 is 0 Å². The predicted molar refractivity (Wildman–Crippen MR) is 254 cm³/mol. The van der Waals surface area contributed by atoms with E-state index in [9.17, 15) is 0 Å². The zero-order chi connectivity index (χ0) is 41.2. The fraction of sp³-hybridized carbons (Fsp3) is 0.0179. The first kappa shape index (κ1) is 36.7. The minimum atomic E-state index is -0.377. The molecule has 11 rings (SSSR count). The number of fused-ring (bicyclic) bond motifs is 3. The Balaban J connectivity index is 1.09. The van der Waals surface area contributed by atoms with Gasteiger partial charge in [-0.2, -0.15) is 0 Å². The van der Waals surface area contributed by atoms with Gasteiger partial charge in [0.15, 0.2) is 23.3 Å². The Kier molecular flexibility index (Phi) is 9.48. The average molecular weight is 795 g/mol. The van der Waals surface area contributed by atoms with Crippen LogP contribution < -0.4 is 5.32 Å². The number of hydrogen-bond acceptors (Lipinski definition) is 6. The van der Waals surface area contributed by atoms with Crippen LogP contribution in [0.2, 0.25) is 0 Å². The van der Waals surface area contributed by atoms with Crippen molar-refractivity contribution in [2.24, 2.45) is 9.98 Å². The van der Waals surface area contributed by atoms with Gasteiger partial charge in [-0.3, -0.25) is 0 Å². The molecule has 1 unspecified atom stereocenters. The number of rotatable bonds is 8. The molecule has 0 amide bonds. The van der Waals surface area contributed by atoms with E-state index in [1.54, 1.807) is 0 Å². The van der Waals surface area contributed by atoms with Crippen molar-refractivity contribution in [2.45, 2.75) is 6.17 Å². The Labute approximate surface area is 359 Å². The van der Waals surface area contributed by atoms with E-state index >= 15 is 0 Å². The van der Waals surface area contributed by atoms with Crippen molar-refractivity contribution in [1.82, 2.24) is 20.3 Å². The fourth-order valence-electron chi connectivity index (χ4n) is 8.44. The van der Waals surface area contributed by atoms with Gasteiger partial charge in [0.1, 0.15) is 12.0 Å². The van der Waals surface area contributed by atoms with Gasteiger partial charge in [0.05, 0.1) is 0 Å². The van der Waals surface area contributed by atoms with Crippen molar-refractivity contribution in [3.05, 3.63) is 235 Å². The zero-order valence-electron chi connectivity index (χ0n) is 33.6. The molecule has 2 heterocycles. The van der Waals surface area contributed by atoms with E-state index in [1.807, 2.05) is 97.1 Å². The lowest BCUT2D eigenvalue weighted by Crippen LogP contribution is -2.33. The Hall–Kier alpha value is -8.35. The highest BCUT2D eigenvalue weighted by molar-refractivity contribution is 6.21. The van der Waals surface area contributed by atoms with Crippen LogP contribution in [0.25, 0.3) is 78.0 Å². The van der Waals surface area contributed by atoms with Crippen molar-refractivity contribution in [3.63, 3.8) is 0 Å². The van der Waals surface area contributed by atoms with Crippen LogP contribution in [0.15, 0.2) is 228 Å². The first-order valence-electron chi connectivity index (χ1n) is 20.8. The minimum absolute atomic E-state index is 0.377. The van der Waals surface area contributed by atoms with Crippen LogP contribution in [-0.4, -0.2) is 26.6 Å². The Morgan fingerprint density at radius 3 is 1.27 bits per heavy atom. The lowest BCUT2D eigenvalue weighted by Gasteiger charge is -2.24. The summed E-state index contributed by atoms with van der Waals surface area (Å²) in [6, 6.07) is 75.5. The van der Waals surface area contributed by atoms with Gasteiger partial charge in [0, 0.05) is 27.8 Å². The van der Waals surface area contributed by atoms with Crippen LogP contribution >= 0.6 is 0 Å². The van der Waals surface area contributed by atoms with Gasteiger partial charge in [-0.1, -0.05) is 206 Å². The molecule has 292 valence electrons. The molecule has 6 nitrogen and oxygen atoms in total. The van der Waals surface area contributed by atoms with Crippen LogP contribution in [0.4, 0.5) is 0 Å². The first-order valence-corrected chi connectivity index (χ1v) is 20.8. The van der Waals surface area contributed by atoms with E-state index in [1.165, 1.54) is 16.2 Å². The largest absolute Gasteiger partial charge is 0.344 e. The summed E-state index contributed by atoms with van der Waals surface area (Å²) in [5.41, 5.74) is 10.2. The summed E-state index contributed by atoms with van der Waals surface area (Å²) in [6.07, 6.45) is -0.377. The molecule has 1 N–H and O–H groups in total. The highest BCUT2D eigenvalue weighted by atomic mass is 15.2. The summed E-state index contributed by atoms with van der Waals surface area (Å²) in [7, 11) is 0. The predicted octanol–water partition coefficient (Wildman–Crippen LogP) is 13.0. The number of nitrogens with one attached hydrogen (secondary N) is 1.